The van der Waals surface area contributed by atoms with Gasteiger partial charge in [-0.2, -0.15) is 0 Å². The molecule has 0 bridgehead atoms. The van der Waals surface area contributed by atoms with Crippen molar-refractivity contribution in [1.82, 2.24) is 0 Å². The fourth-order valence-corrected chi connectivity index (χ4v) is 0.553. The average molecular weight is 154 g/mol. The molecule has 0 atom stereocenters. The van der Waals surface area contributed by atoms with E-state index >= 15 is 0 Å². The van der Waals surface area contributed by atoms with E-state index in [2.05, 4.69) is 0 Å². The van der Waals surface area contributed by atoms with Crippen molar-refractivity contribution in [3.63, 3.8) is 0 Å². The monoisotopic (exact) mass is 154 g/mol. The van der Waals surface area contributed by atoms with Gasteiger partial charge in [-0.25, -0.2) is 0 Å². The van der Waals surface area contributed by atoms with E-state index in [4.69, 9.17) is 14.0 Å². The Balaban J connectivity index is 0. The summed E-state index contributed by atoms with van der Waals surface area (Å²) in [6.45, 7) is 7.57. The molecular weight excluding hydrogens is 138 g/mol. The van der Waals surface area contributed by atoms with E-state index in [0.29, 0.717) is 19.8 Å². The first-order valence-corrected chi connectivity index (χ1v) is 3.69. The third kappa shape index (κ3) is 8.45. The second-order valence-corrected chi connectivity index (χ2v) is 1.65. The molecule has 0 aromatic carbocycles. The van der Waals surface area contributed by atoms with E-state index < -0.39 is 7.32 Å². The van der Waals surface area contributed by atoms with Crippen LogP contribution in [0.15, 0.2) is 0 Å². The SMILES string of the molecule is CCOB(OCC)OCC.[LiH]. The van der Waals surface area contributed by atoms with Gasteiger partial charge >= 0.3 is 26.2 Å². The maximum absolute atomic E-state index is 5.08. The fraction of sp³-hybridized carbons (Fsp3) is 1.00. The third-order valence-electron chi connectivity index (χ3n) is 0.908. The van der Waals surface area contributed by atoms with Crippen LogP contribution in [0, 0.1) is 0 Å². The molecule has 62 valence electrons. The maximum atomic E-state index is 5.08. The van der Waals surface area contributed by atoms with Gasteiger partial charge in [0.2, 0.25) is 0 Å². The first-order valence-electron chi connectivity index (χ1n) is 3.69. The summed E-state index contributed by atoms with van der Waals surface area (Å²) < 4.78 is 15.2. The Hall–Kier alpha value is 0.542. The van der Waals surface area contributed by atoms with E-state index in [9.17, 15) is 0 Å². The molecule has 3 nitrogen and oxygen atoms in total. The van der Waals surface area contributed by atoms with Crippen LogP contribution in [-0.2, 0) is 14.0 Å². The molecule has 0 aliphatic rings. The molecule has 0 spiro atoms. The molecule has 0 heterocycles. The van der Waals surface area contributed by atoms with Gasteiger partial charge in [-0.05, 0) is 20.8 Å². The second kappa shape index (κ2) is 10.5. The zero-order chi connectivity index (χ0) is 7.82. The van der Waals surface area contributed by atoms with E-state index in [1.807, 2.05) is 20.8 Å². The summed E-state index contributed by atoms with van der Waals surface area (Å²) in [5.41, 5.74) is 0. The van der Waals surface area contributed by atoms with Crippen molar-refractivity contribution in [3.8, 4) is 0 Å². The zero-order valence-electron chi connectivity index (χ0n) is 6.92. The normalized spacial score (nSPS) is 9.00. The number of rotatable bonds is 6. The molecule has 0 aliphatic heterocycles. The van der Waals surface area contributed by atoms with Crippen LogP contribution in [0.1, 0.15) is 20.8 Å². The van der Waals surface area contributed by atoms with Crippen LogP contribution < -0.4 is 0 Å². The molecule has 0 aromatic rings. The molecule has 11 heavy (non-hydrogen) atoms. The Bertz CT molecular complexity index is 60.6. The van der Waals surface area contributed by atoms with Crippen molar-refractivity contribution < 1.29 is 14.0 Å². The Morgan fingerprint density at radius 1 is 0.818 bits per heavy atom. The first-order chi connectivity index (χ1) is 4.85. The molecule has 5 heteroatoms. The topological polar surface area (TPSA) is 27.7 Å². The van der Waals surface area contributed by atoms with E-state index in [0.717, 1.165) is 0 Å². The van der Waals surface area contributed by atoms with Gasteiger partial charge in [-0.1, -0.05) is 0 Å². The Labute approximate surface area is 81.1 Å². The molecule has 0 aromatic heterocycles. The molecule has 0 saturated heterocycles. The van der Waals surface area contributed by atoms with Gasteiger partial charge in [0.15, 0.2) is 0 Å². The van der Waals surface area contributed by atoms with Gasteiger partial charge in [0.1, 0.15) is 0 Å². The Kier molecular flexibility index (Phi) is 13.5. The predicted molar refractivity (Wildman–Crippen MR) is 47.8 cm³/mol. The predicted octanol–water partition coefficient (Wildman–Crippen LogP) is 0.432. The van der Waals surface area contributed by atoms with E-state index in [1.54, 1.807) is 0 Å². The van der Waals surface area contributed by atoms with Crippen LogP contribution >= 0.6 is 0 Å². The van der Waals surface area contributed by atoms with Crippen molar-refractivity contribution in [1.29, 1.82) is 0 Å². The summed E-state index contributed by atoms with van der Waals surface area (Å²) in [4.78, 5) is 0. The van der Waals surface area contributed by atoms with Crippen LogP contribution in [0.2, 0.25) is 0 Å². The van der Waals surface area contributed by atoms with Gasteiger partial charge in [-0.15, -0.1) is 0 Å². The van der Waals surface area contributed by atoms with Gasteiger partial charge in [0, 0.05) is 19.8 Å². The van der Waals surface area contributed by atoms with Crippen LogP contribution in [0.4, 0.5) is 0 Å². The quantitative estimate of drug-likeness (QED) is 0.519. The van der Waals surface area contributed by atoms with Crippen LogP contribution in [0.3, 0.4) is 0 Å². The zero-order valence-corrected chi connectivity index (χ0v) is 6.92. The van der Waals surface area contributed by atoms with Crippen LogP contribution in [0.5, 0.6) is 0 Å². The van der Waals surface area contributed by atoms with Gasteiger partial charge in [-0.3, -0.25) is 0 Å². The van der Waals surface area contributed by atoms with Gasteiger partial charge in [0.25, 0.3) is 0 Å². The molecule has 0 unspecified atom stereocenters. The molecule has 0 aliphatic carbocycles. The van der Waals surface area contributed by atoms with E-state index in [1.165, 1.54) is 0 Å². The van der Waals surface area contributed by atoms with Crippen LogP contribution in [0.25, 0.3) is 0 Å². The molecule has 0 amide bonds. The van der Waals surface area contributed by atoms with Crippen molar-refractivity contribution in [3.05, 3.63) is 0 Å². The standard InChI is InChI=1S/C6H15BO3.Li.H/c1-4-8-7(9-5-2)10-6-3;;/h4-6H2,1-3H3;;. The molecule has 0 rings (SSSR count). The van der Waals surface area contributed by atoms with E-state index in [-0.39, 0.29) is 18.9 Å². The summed E-state index contributed by atoms with van der Waals surface area (Å²) in [6, 6.07) is 0. The van der Waals surface area contributed by atoms with Gasteiger partial charge < -0.3 is 14.0 Å². The molecular formula is C6H16BLiO3. The first kappa shape index (κ1) is 14.1. The third-order valence-corrected chi connectivity index (χ3v) is 0.908. The molecule has 0 saturated carbocycles. The summed E-state index contributed by atoms with van der Waals surface area (Å²) in [5.74, 6) is 0. The molecule has 0 radical (unpaired) electrons. The minimum absolute atomic E-state index is 0. The van der Waals surface area contributed by atoms with Crippen molar-refractivity contribution >= 4 is 26.2 Å². The number of hydrogen-bond acceptors (Lipinski definition) is 3. The Morgan fingerprint density at radius 2 is 1.09 bits per heavy atom. The molecule has 0 N–H and O–H groups in total. The molecule has 0 fully saturated rings. The Morgan fingerprint density at radius 3 is 1.27 bits per heavy atom. The number of hydrogen-bond donors (Lipinski definition) is 0. The van der Waals surface area contributed by atoms with Crippen molar-refractivity contribution in [2.45, 2.75) is 20.8 Å². The summed E-state index contributed by atoms with van der Waals surface area (Å²) in [7, 11) is -0.472. The van der Waals surface area contributed by atoms with Gasteiger partial charge in [0.05, 0.1) is 0 Å². The van der Waals surface area contributed by atoms with Crippen LogP contribution in [-0.4, -0.2) is 46.0 Å². The van der Waals surface area contributed by atoms with Crippen molar-refractivity contribution in [2.24, 2.45) is 0 Å². The second-order valence-electron chi connectivity index (χ2n) is 1.65. The van der Waals surface area contributed by atoms with Crippen molar-refractivity contribution in [2.75, 3.05) is 19.8 Å². The minimum atomic E-state index is -0.472. The fourth-order valence-electron chi connectivity index (χ4n) is 0.553. The summed E-state index contributed by atoms with van der Waals surface area (Å²) >= 11 is 0. The summed E-state index contributed by atoms with van der Waals surface area (Å²) in [6.07, 6.45) is 0. The summed E-state index contributed by atoms with van der Waals surface area (Å²) in [5, 5.41) is 0. The average Bonchev–Trinajstić information content (AvgIpc) is 1.90.